The Balaban J connectivity index is 1.89. The van der Waals surface area contributed by atoms with Crippen LogP contribution in [0.3, 0.4) is 0 Å². The molecule has 0 saturated carbocycles. The lowest BCUT2D eigenvalue weighted by molar-refractivity contribution is -0.149. The maximum absolute atomic E-state index is 12.1. The Hall–Kier alpha value is -1.88. The second kappa shape index (κ2) is 8.67. The Morgan fingerprint density at radius 1 is 1.30 bits per heavy atom. The molecule has 0 aliphatic carbocycles. The maximum atomic E-state index is 12.1. The first-order valence-corrected chi connectivity index (χ1v) is 8.15. The molecule has 1 heterocycles. The molecule has 5 nitrogen and oxygen atoms in total. The van der Waals surface area contributed by atoms with Gasteiger partial charge in [0.2, 0.25) is 5.91 Å². The number of amides is 1. The standard InChI is InChI=1S/C18H25NO4/c1-13-6-8-15(9-7-13)17(19-14(2)20)11-18(21)23-12-16-5-3-4-10-22-16/h6-9,16-17H,3-5,10-12H2,1-2H3,(H,19,20). The number of esters is 1. The number of carbonyl (C=O) groups excluding carboxylic acids is 2. The lowest BCUT2D eigenvalue weighted by Gasteiger charge is -2.23. The summed E-state index contributed by atoms with van der Waals surface area (Å²) in [5, 5.41) is 2.81. The van der Waals surface area contributed by atoms with E-state index in [0.717, 1.165) is 37.0 Å². The van der Waals surface area contributed by atoms with Crippen molar-refractivity contribution in [3.8, 4) is 0 Å². The molecule has 1 amide bonds. The Bertz CT molecular complexity index is 520. The lowest BCUT2D eigenvalue weighted by Crippen LogP contribution is -2.30. The third-order valence-corrected chi connectivity index (χ3v) is 3.93. The molecule has 23 heavy (non-hydrogen) atoms. The van der Waals surface area contributed by atoms with Crippen molar-refractivity contribution in [2.75, 3.05) is 13.2 Å². The van der Waals surface area contributed by atoms with Crippen molar-refractivity contribution < 1.29 is 19.1 Å². The quantitative estimate of drug-likeness (QED) is 0.819. The van der Waals surface area contributed by atoms with Crippen LogP contribution in [-0.4, -0.2) is 31.2 Å². The van der Waals surface area contributed by atoms with Gasteiger partial charge in [0.1, 0.15) is 6.61 Å². The average molecular weight is 319 g/mol. The van der Waals surface area contributed by atoms with E-state index in [9.17, 15) is 9.59 Å². The average Bonchev–Trinajstić information content (AvgIpc) is 2.53. The van der Waals surface area contributed by atoms with E-state index in [1.807, 2.05) is 31.2 Å². The van der Waals surface area contributed by atoms with Crippen LogP contribution in [0.15, 0.2) is 24.3 Å². The van der Waals surface area contributed by atoms with Gasteiger partial charge in [-0.2, -0.15) is 0 Å². The SMILES string of the molecule is CC(=O)NC(CC(=O)OCC1CCCCO1)c1ccc(C)cc1. The van der Waals surface area contributed by atoms with Gasteiger partial charge in [0.05, 0.1) is 18.6 Å². The van der Waals surface area contributed by atoms with Crippen LogP contribution in [0.4, 0.5) is 0 Å². The molecule has 2 rings (SSSR count). The minimum atomic E-state index is -0.368. The van der Waals surface area contributed by atoms with Gasteiger partial charge in [-0.1, -0.05) is 29.8 Å². The fraction of sp³-hybridized carbons (Fsp3) is 0.556. The predicted molar refractivity (Wildman–Crippen MR) is 86.9 cm³/mol. The van der Waals surface area contributed by atoms with Gasteiger partial charge in [0.25, 0.3) is 0 Å². The van der Waals surface area contributed by atoms with E-state index in [0.29, 0.717) is 6.61 Å². The molecule has 1 aromatic rings. The Morgan fingerprint density at radius 2 is 2.04 bits per heavy atom. The lowest BCUT2D eigenvalue weighted by atomic mass is 10.0. The highest BCUT2D eigenvalue weighted by molar-refractivity contribution is 5.76. The summed E-state index contributed by atoms with van der Waals surface area (Å²) in [7, 11) is 0. The van der Waals surface area contributed by atoms with Crippen molar-refractivity contribution in [3.05, 3.63) is 35.4 Å². The molecule has 1 aliphatic heterocycles. The van der Waals surface area contributed by atoms with E-state index < -0.39 is 0 Å². The van der Waals surface area contributed by atoms with E-state index in [2.05, 4.69) is 5.32 Å². The van der Waals surface area contributed by atoms with Gasteiger partial charge in [-0.25, -0.2) is 0 Å². The number of hydrogen-bond donors (Lipinski definition) is 1. The molecule has 2 atom stereocenters. The summed E-state index contributed by atoms with van der Waals surface area (Å²) in [4.78, 5) is 23.5. The molecular formula is C18H25NO4. The number of rotatable bonds is 6. The second-order valence-electron chi connectivity index (χ2n) is 6.04. The smallest absolute Gasteiger partial charge is 0.308 e. The van der Waals surface area contributed by atoms with Crippen LogP contribution in [0.25, 0.3) is 0 Å². The van der Waals surface area contributed by atoms with Crippen LogP contribution in [0, 0.1) is 6.92 Å². The van der Waals surface area contributed by atoms with Crippen LogP contribution < -0.4 is 5.32 Å². The van der Waals surface area contributed by atoms with Crippen LogP contribution in [0.1, 0.15) is 49.8 Å². The van der Waals surface area contributed by atoms with E-state index >= 15 is 0 Å². The molecule has 1 aliphatic rings. The van der Waals surface area contributed by atoms with Gasteiger partial charge in [-0.3, -0.25) is 9.59 Å². The zero-order chi connectivity index (χ0) is 16.7. The summed E-state index contributed by atoms with van der Waals surface area (Å²) in [6.07, 6.45) is 3.24. The molecule has 1 fully saturated rings. The zero-order valence-electron chi connectivity index (χ0n) is 13.8. The number of benzene rings is 1. The fourth-order valence-electron chi connectivity index (χ4n) is 2.65. The van der Waals surface area contributed by atoms with Crippen molar-refractivity contribution in [3.63, 3.8) is 0 Å². The van der Waals surface area contributed by atoms with E-state index in [1.54, 1.807) is 0 Å². The highest BCUT2D eigenvalue weighted by atomic mass is 16.6. The van der Waals surface area contributed by atoms with Crippen LogP contribution in [0.5, 0.6) is 0 Å². The summed E-state index contributed by atoms with van der Waals surface area (Å²) in [5.74, 6) is -0.488. The van der Waals surface area contributed by atoms with E-state index in [-0.39, 0.29) is 30.4 Å². The Kier molecular flexibility index (Phi) is 6.59. The molecule has 1 saturated heterocycles. The van der Waals surface area contributed by atoms with Gasteiger partial charge in [0.15, 0.2) is 0 Å². The van der Waals surface area contributed by atoms with Gasteiger partial charge in [-0.05, 0) is 31.7 Å². The molecule has 0 bridgehead atoms. The third-order valence-electron chi connectivity index (χ3n) is 3.93. The van der Waals surface area contributed by atoms with Gasteiger partial charge in [-0.15, -0.1) is 0 Å². The Labute approximate surface area is 137 Å². The number of aryl methyl sites for hydroxylation is 1. The van der Waals surface area contributed by atoms with E-state index in [1.165, 1.54) is 6.92 Å². The molecule has 0 aromatic heterocycles. The first-order chi connectivity index (χ1) is 11.0. The minimum absolute atomic E-state index is 0.00583. The minimum Gasteiger partial charge on any atom is -0.463 e. The van der Waals surface area contributed by atoms with Crippen molar-refractivity contribution >= 4 is 11.9 Å². The molecule has 1 aromatic carbocycles. The van der Waals surface area contributed by atoms with Crippen molar-refractivity contribution in [1.82, 2.24) is 5.32 Å². The van der Waals surface area contributed by atoms with E-state index in [4.69, 9.17) is 9.47 Å². The number of ether oxygens (including phenoxy) is 2. The highest BCUT2D eigenvalue weighted by Gasteiger charge is 2.20. The van der Waals surface area contributed by atoms with Crippen LogP contribution in [0.2, 0.25) is 0 Å². The normalized spacial score (nSPS) is 19.0. The first-order valence-electron chi connectivity index (χ1n) is 8.15. The first kappa shape index (κ1) is 17.5. The maximum Gasteiger partial charge on any atom is 0.308 e. The highest BCUT2D eigenvalue weighted by Crippen LogP contribution is 2.19. The molecule has 5 heteroatoms. The number of carbonyl (C=O) groups is 2. The molecule has 0 spiro atoms. The third kappa shape index (κ3) is 6.02. The van der Waals surface area contributed by atoms with Gasteiger partial charge in [0, 0.05) is 13.5 Å². The monoisotopic (exact) mass is 319 g/mol. The van der Waals surface area contributed by atoms with Crippen molar-refractivity contribution in [1.29, 1.82) is 0 Å². The van der Waals surface area contributed by atoms with Crippen LogP contribution >= 0.6 is 0 Å². The van der Waals surface area contributed by atoms with Gasteiger partial charge < -0.3 is 14.8 Å². The fourth-order valence-corrected chi connectivity index (χ4v) is 2.65. The predicted octanol–water partition coefficient (Wildman–Crippen LogP) is 2.67. The largest absolute Gasteiger partial charge is 0.463 e. The molecule has 0 radical (unpaired) electrons. The topological polar surface area (TPSA) is 64.6 Å². The summed E-state index contributed by atoms with van der Waals surface area (Å²) in [5.41, 5.74) is 2.03. The van der Waals surface area contributed by atoms with Gasteiger partial charge >= 0.3 is 5.97 Å². The summed E-state index contributed by atoms with van der Waals surface area (Å²) < 4.78 is 10.9. The van der Waals surface area contributed by atoms with Crippen molar-refractivity contribution in [2.45, 2.75) is 51.7 Å². The number of nitrogens with one attached hydrogen (secondary N) is 1. The molecule has 2 unspecified atom stereocenters. The second-order valence-corrected chi connectivity index (χ2v) is 6.04. The molecular weight excluding hydrogens is 294 g/mol. The summed E-state index contributed by atoms with van der Waals surface area (Å²) in [6.45, 7) is 4.47. The molecule has 126 valence electrons. The number of hydrogen-bond acceptors (Lipinski definition) is 4. The summed E-state index contributed by atoms with van der Waals surface area (Å²) >= 11 is 0. The van der Waals surface area contributed by atoms with Crippen LogP contribution in [-0.2, 0) is 19.1 Å². The summed E-state index contributed by atoms with van der Waals surface area (Å²) in [6, 6.07) is 7.41. The molecule has 1 N–H and O–H groups in total. The Morgan fingerprint density at radius 3 is 2.65 bits per heavy atom. The zero-order valence-corrected chi connectivity index (χ0v) is 13.8. The van der Waals surface area contributed by atoms with Crippen molar-refractivity contribution in [2.24, 2.45) is 0 Å².